The minimum atomic E-state index is 0.824. The molecule has 3 N–H and O–H groups in total. The minimum Gasteiger partial charge on any atom is -0.396 e. The zero-order valence-corrected chi connectivity index (χ0v) is 6.99. The maximum absolute atomic E-state index is 5.49. The Bertz CT molecular complexity index is 174. The van der Waals surface area contributed by atoms with E-state index < -0.39 is 0 Å². The van der Waals surface area contributed by atoms with Gasteiger partial charge in [-0.25, -0.2) is 0 Å². The van der Waals surface area contributed by atoms with Gasteiger partial charge in [0.2, 0.25) is 0 Å². The average Bonchev–Trinajstić information content (AvgIpc) is 2.14. The lowest BCUT2D eigenvalue weighted by molar-refractivity contribution is 1.84. The fourth-order valence-electron chi connectivity index (χ4n) is 0.384. The van der Waals surface area contributed by atoms with Crippen molar-refractivity contribution in [3.05, 3.63) is 10.8 Å². The number of thiophene rings is 1. The van der Waals surface area contributed by atoms with E-state index >= 15 is 0 Å². The Morgan fingerprint density at radius 3 is 2.62 bits per heavy atom. The highest BCUT2D eigenvalue weighted by Gasteiger charge is 1.93. The fraction of sp³-hybridized carbons (Fsp3) is 0. The molecule has 1 aromatic heterocycles. The second-order valence-corrected chi connectivity index (χ2v) is 2.62. The quantitative estimate of drug-likeness (QED) is 0.582. The summed E-state index contributed by atoms with van der Waals surface area (Å²) >= 11 is 3.65. The number of hydrogen-bond donors (Lipinski definition) is 2. The number of rotatable bonds is 1. The Hall–Kier alpha value is 0.0300. The van der Waals surface area contributed by atoms with E-state index in [4.69, 9.17) is 5.73 Å². The molecule has 0 saturated carbocycles. The molecule has 0 atom stereocenters. The molecule has 0 aliphatic rings. The van der Waals surface area contributed by atoms with Crippen molar-refractivity contribution < 1.29 is 0 Å². The lowest BCUT2D eigenvalue weighted by Crippen LogP contribution is -1.84. The van der Waals surface area contributed by atoms with Crippen LogP contribution in [-0.4, -0.2) is 0 Å². The summed E-state index contributed by atoms with van der Waals surface area (Å²) in [5.74, 6) is 0. The third-order valence-corrected chi connectivity index (χ3v) is 2.14. The molecule has 44 valence electrons. The van der Waals surface area contributed by atoms with Crippen molar-refractivity contribution in [1.29, 1.82) is 0 Å². The molecule has 8 heavy (non-hydrogen) atoms. The lowest BCUT2D eigenvalue weighted by Gasteiger charge is -1.90. The van der Waals surface area contributed by atoms with Crippen LogP contribution in [-0.2, 0) is 0 Å². The Morgan fingerprint density at radius 1 is 1.62 bits per heavy atom. The molecule has 1 rings (SSSR count). The lowest BCUT2D eigenvalue weighted by atomic mass is 10.5. The van der Waals surface area contributed by atoms with E-state index in [2.05, 4.69) is 26.4 Å². The van der Waals surface area contributed by atoms with Gasteiger partial charge in [-0.15, -0.1) is 11.3 Å². The van der Waals surface area contributed by atoms with Crippen LogP contribution < -0.4 is 9.26 Å². The Kier molecular flexibility index (Phi) is 1.95. The molecule has 1 heterocycles. The van der Waals surface area contributed by atoms with Crippen LogP contribution in [0.2, 0.25) is 0 Å². The highest BCUT2D eigenvalue weighted by molar-refractivity contribution is 14.1. The molecule has 0 radical (unpaired) electrons. The van der Waals surface area contributed by atoms with E-state index in [0.717, 1.165) is 11.4 Å². The third-order valence-electron chi connectivity index (χ3n) is 0.794. The smallest absolute Gasteiger partial charge is 0.0769 e. The average molecular weight is 240 g/mol. The summed E-state index contributed by atoms with van der Waals surface area (Å²) in [5.41, 5.74) is 7.33. The SMILES string of the molecule is Nc1cscc1NI. The molecule has 0 unspecified atom stereocenters. The van der Waals surface area contributed by atoms with Gasteiger partial charge in [0.1, 0.15) is 0 Å². The summed E-state index contributed by atoms with van der Waals surface area (Å²) in [4.78, 5) is 0. The topological polar surface area (TPSA) is 38.0 Å². The maximum Gasteiger partial charge on any atom is 0.0769 e. The Balaban J connectivity index is 2.92. The first-order chi connectivity index (χ1) is 3.84. The van der Waals surface area contributed by atoms with E-state index in [0.29, 0.717) is 0 Å². The molecular formula is C4H5IN2S. The predicted molar refractivity (Wildman–Crippen MR) is 46.4 cm³/mol. The summed E-state index contributed by atoms with van der Waals surface area (Å²) in [7, 11) is 0. The van der Waals surface area contributed by atoms with Crippen LogP contribution in [0.3, 0.4) is 0 Å². The van der Waals surface area contributed by atoms with E-state index in [9.17, 15) is 0 Å². The molecule has 0 aromatic carbocycles. The number of nitrogens with two attached hydrogens (primary N) is 1. The zero-order chi connectivity index (χ0) is 5.98. The highest BCUT2D eigenvalue weighted by atomic mass is 127. The van der Waals surface area contributed by atoms with Gasteiger partial charge in [0, 0.05) is 10.8 Å². The summed E-state index contributed by atoms with van der Waals surface area (Å²) in [6, 6.07) is 0. The van der Waals surface area contributed by atoms with Crippen LogP contribution in [0.25, 0.3) is 0 Å². The predicted octanol–water partition coefficient (Wildman–Crippen LogP) is 2.09. The molecule has 1 aromatic rings. The molecule has 0 bridgehead atoms. The number of nitrogen functional groups attached to an aromatic ring is 1. The van der Waals surface area contributed by atoms with Crippen molar-refractivity contribution in [2.45, 2.75) is 0 Å². The van der Waals surface area contributed by atoms with E-state index in [1.54, 1.807) is 11.3 Å². The standard InChI is InChI=1S/C4H5IN2S/c5-7-4-2-8-1-3(4)6/h1-2,7H,6H2. The normalized spacial score (nSPS) is 9.12. The Labute approximate surface area is 65.6 Å². The third kappa shape index (κ3) is 1.05. The van der Waals surface area contributed by atoms with E-state index in [1.165, 1.54) is 0 Å². The van der Waals surface area contributed by atoms with Gasteiger partial charge in [-0.05, 0) is 0 Å². The first kappa shape index (κ1) is 6.15. The van der Waals surface area contributed by atoms with Gasteiger partial charge < -0.3 is 9.26 Å². The first-order valence-electron chi connectivity index (χ1n) is 2.03. The first-order valence-corrected chi connectivity index (χ1v) is 4.05. The molecule has 0 saturated heterocycles. The van der Waals surface area contributed by atoms with Gasteiger partial charge in [0.25, 0.3) is 0 Å². The molecular weight excluding hydrogens is 235 g/mol. The summed E-state index contributed by atoms with van der Waals surface area (Å²) in [6.07, 6.45) is 0. The molecule has 2 nitrogen and oxygen atoms in total. The molecule has 0 spiro atoms. The van der Waals surface area contributed by atoms with E-state index in [-0.39, 0.29) is 0 Å². The van der Waals surface area contributed by atoms with Crippen LogP contribution in [0, 0.1) is 0 Å². The van der Waals surface area contributed by atoms with Crippen LogP contribution >= 0.6 is 34.2 Å². The van der Waals surface area contributed by atoms with Crippen molar-refractivity contribution in [3.63, 3.8) is 0 Å². The van der Waals surface area contributed by atoms with E-state index in [1.807, 2.05) is 10.8 Å². The summed E-state index contributed by atoms with van der Waals surface area (Å²) in [5, 5.41) is 3.88. The van der Waals surface area contributed by atoms with Gasteiger partial charge in [0.15, 0.2) is 0 Å². The van der Waals surface area contributed by atoms with Crippen molar-refractivity contribution >= 4 is 45.6 Å². The molecule has 0 amide bonds. The van der Waals surface area contributed by atoms with Crippen molar-refractivity contribution in [1.82, 2.24) is 0 Å². The molecule has 0 fully saturated rings. The second kappa shape index (κ2) is 2.54. The van der Waals surface area contributed by atoms with Crippen LogP contribution in [0.1, 0.15) is 0 Å². The van der Waals surface area contributed by atoms with Crippen LogP contribution in [0.4, 0.5) is 11.4 Å². The summed E-state index contributed by atoms with van der Waals surface area (Å²) < 4.78 is 2.93. The number of hydrogen-bond acceptors (Lipinski definition) is 3. The minimum absolute atomic E-state index is 0.824. The van der Waals surface area contributed by atoms with Gasteiger partial charge in [-0.2, -0.15) is 0 Å². The largest absolute Gasteiger partial charge is 0.396 e. The van der Waals surface area contributed by atoms with Gasteiger partial charge in [-0.3, -0.25) is 0 Å². The molecule has 0 aliphatic heterocycles. The summed E-state index contributed by atoms with van der Waals surface area (Å²) in [6.45, 7) is 0. The number of halogens is 1. The maximum atomic E-state index is 5.49. The molecule has 4 heteroatoms. The monoisotopic (exact) mass is 240 g/mol. The number of anilines is 2. The van der Waals surface area contributed by atoms with Crippen LogP contribution in [0.15, 0.2) is 10.8 Å². The zero-order valence-electron chi connectivity index (χ0n) is 4.02. The van der Waals surface area contributed by atoms with Gasteiger partial charge in [-0.1, -0.05) is 0 Å². The van der Waals surface area contributed by atoms with Crippen molar-refractivity contribution in [2.24, 2.45) is 0 Å². The van der Waals surface area contributed by atoms with Crippen molar-refractivity contribution in [2.75, 3.05) is 9.26 Å². The Morgan fingerprint density at radius 2 is 2.38 bits per heavy atom. The van der Waals surface area contributed by atoms with Crippen LogP contribution in [0.5, 0.6) is 0 Å². The highest BCUT2D eigenvalue weighted by Crippen LogP contribution is 2.23. The fourth-order valence-corrected chi connectivity index (χ4v) is 1.73. The number of nitrogens with one attached hydrogen (secondary N) is 1. The molecule has 0 aliphatic carbocycles. The van der Waals surface area contributed by atoms with Gasteiger partial charge in [0.05, 0.1) is 34.2 Å². The van der Waals surface area contributed by atoms with Crippen molar-refractivity contribution in [3.8, 4) is 0 Å². The second-order valence-electron chi connectivity index (χ2n) is 1.34. The van der Waals surface area contributed by atoms with Gasteiger partial charge >= 0.3 is 0 Å².